The van der Waals surface area contributed by atoms with Crippen LogP contribution in [-0.4, -0.2) is 12.6 Å². The van der Waals surface area contributed by atoms with Crippen LogP contribution in [-0.2, 0) is 0 Å². The first-order chi connectivity index (χ1) is 5.83. The maximum atomic E-state index is 3.55. The van der Waals surface area contributed by atoms with Gasteiger partial charge in [-0.05, 0) is 37.6 Å². The highest BCUT2D eigenvalue weighted by Gasteiger charge is 2.10. The van der Waals surface area contributed by atoms with E-state index in [0.29, 0.717) is 11.5 Å². The molecule has 0 aromatic rings. The van der Waals surface area contributed by atoms with Crippen molar-refractivity contribution in [3.63, 3.8) is 0 Å². The Bertz CT molecular complexity index is 122. The molecular weight excluding hydrogens is 158 g/mol. The van der Waals surface area contributed by atoms with Crippen molar-refractivity contribution >= 4 is 0 Å². The summed E-state index contributed by atoms with van der Waals surface area (Å²) in [5.74, 6) is 0.745. The summed E-state index contributed by atoms with van der Waals surface area (Å²) < 4.78 is 0. The third kappa shape index (κ3) is 8.29. The fourth-order valence-electron chi connectivity index (χ4n) is 1.18. The van der Waals surface area contributed by atoms with Crippen LogP contribution < -0.4 is 5.32 Å². The Kier molecular flexibility index (Phi) is 5.62. The third-order valence-corrected chi connectivity index (χ3v) is 2.57. The molecule has 0 fully saturated rings. The van der Waals surface area contributed by atoms with Gasteiger partial charge in [0.1, 0.15) is 0 Å². The SMILES string of the molecule is CC(C)[C@H](C)NCCCC(C)(C)C. The number of hydrogen-bond acceptors (Lipinski definition) is 1. The minimum atomic E-state index is 0.489. The molecule has 0 aliphatic heterocycles. The van der Waals surface area contributed by atoms with E-state index in [-0.39, 0.29) is 0 Å². The number of rotatable bonds is 5. The smallest absolute Gasteiger partial charge is 0.00617 e. The summed E-state index contributed by atoms with van der Waals surface area (Å²) in [5, 5.41) is 3.55. The molecule has 0 aliphatic carbocycles. The van der Waals surface area contributed by atoms with Gasteiger partial charge in [0.15, 0.2) is 0 Å². The minimum Gasteiger partial charge on any atom is -0.314 e. The molecule has 80 valence electrons. The molecule has 1 atom stereocenters. The zero-order valence-electron chi connectivity index (χ0n) is 10.3. The van der Waals surface area contributed by atoms with Gasteiger partial charge in [-0.15, -0.1) is 0 Å². The molecule has 0 spiro atoms. The predicted octanol–water partition coefficient (Wildman–Crippen LogP) is 3.45. The van der Waals surface area contributed by atoms with Crippen molar-refractivity contribution in [3.05, 3.63) is 0 Å². The van der Waals surface area contributed by atoms with Crippen molar-refractivity contribution in [2.45, 2.75) is 60.4 Å². The Morgan fingerprint density at radius 3 is 2.00 bits per heavy atom. The van der Waals surface area contributed by atoms with Crippen LogP contribution in [0.2, 0.25) is 0 Å². The predicted molar refractivity (Wildman–Crippen MR) is 61.0 cm³/mol. The Morgan fingerprint density at radius 2 is 1.62 bits per heavy atom. The molecule has 13 heavy (non-hydrogen) atoms. The van der Waals surface area contributed by atoms with E-state index in [2.05, 4.69) is 46.9 Å². The van der Waals surface area contributed by atoms with E-state index in [0.717, 1.165) is 12.5 Å². The van der Waals surface area contributed by atoms with Crippen LogP contribution in [0.4, 0.5) is 0 Å². The van der Waals surface area contributed by atoms with E-state index in [1.807, 2.05) is 0 Å². The molecule has 0 saturated heterocycles. The van der Waals surface area contributed by atoms with Crippen molar-refractivity contribution in [1.29, 1.82) is 0 Å². The second-order valence-electron chi connectivity index (χ2n) is 5.65. The van der Waals surface area contributed by atoms with Crippen molar-refractivity contribution in [1.82, 2.24) is 5.32 Å². The summed E-state index contributed by atoms with van der Waals surface area (Å²) in [6, 6.07) is 0.653. The second-order valence-corrected chi connectivity index (χ2v) is 5.65. The van der Waals surface area contributed by atoms with E-state index in [1.54, 1.807) is 0 Å². The molecule has 0 amide bonds. The second kappa shape index (κ2) is 5.64. The zero-order valence-corrected chi connectivity index (χ0v) is 10.3. The first kappa shape index (κ1) is 13.0. The van der Waals surface area contributed by atoms with Gasteiger partial charge in [-0.3, -0.25) is 0 Å². The molecule has 0 aromatic carbocycles. The van der Waals surface area contributed by atoms with Gasteiger partial charge in [-0.25, -0.2) is 0 Å². The van der Waals surface area contributed by atoms with Crippen LogP contribution in [0.5, 0.6) is 0 Å². The van der Waals surface area contributed by atoms with Crippen LogP contribution in [0.3, 0.4) is 0 Å². The highest BCUT2D eigenvalue weighted by atomic mass is 14.9. The van der Waals surface area contributed by atoms with E-state index in [1.165, 1.54) is 12.8 Å². The first-order valence-electron chi connectivity index (χ1n) is 5.56. The van der Waals surface area contributed by atoms with Gasteiger partial charge in [-0.1, -0.05) is 34.6 Å². The lowest BCUT2D eigenvalue weighted by Gasteiger charge is -2.20. The summed E-state index contributed by atoms with van der Waals surface area (Å²) in [6.45, 7) is 14.9. The Morgan fingerprint density at radius 1 is 1.08 bits per heavy atom. The standard InChI is InChI=1S/C12H27N/c1-10(2)11(3)13-9-7-8-12(4,5)6/h10-11,13H,7-9H2,1-6H3/t11-/m0/s1. The topological polar surface area (TPSA) is 12.0 Å². The van der Waals surface area contributed by atoms with Crippen LogP contribution in [0.15, 0.2) is 0 Å². The highest BCUT2D eigenvalue weighted by Crippen LogP contribution is 2.19. The fraction of sp³-hybridized carbons (Fsp3) is 1.00. The molecule has 0 aliphatic rings. The molecule has 0 radical (unpaired) electrons. The van der Waals surface area contributed by atoms with Crippen LogP contribution in [0.1, 0.15) is 54.4 Å². The van der Waals surface area contributed by atoms with Crippen molar-refractivity contribution in [2.24, 2.45) is 11.3 Å². The maximum absolute atomic E-state index is 3.55. The van der Waals surface area contributed by atoms with Gasteiger partial charge < -0.3 is 5.32 Å². The van der Waals surface area contributed by atoms with E-state index >= 15 is 0 Å². The van der Waals surface area contributed by atoms with Gasteiger partial charge in [0, 0.05) is 6.04 Å². The molecule has 0 rings (SSSR count). The monoisotopic (exact) mass is 185 g/mol. The van der Waals surface area contributed by atoms with Crippen LogP contribution >= 0.6 is 0 Å². The van der Waals surface area contributed by atoms with Gasteiger partial charge >= 0.3 is 0 Å². The van der Waals surface area contributed by atoms with E-state index < -0.39 is 0 Å². The summed E-state index contributed by atoms with van der Waals surface area (Å²) >= 11 is 0. The lowest BCUT2D eigenvalue weighted by molar-refractivity contribution is 0.346. The van der Waals surface area contributed by atoms with Gasteiger partial charge in [-0.2, -0.15) is 0 Å². The molecule has 0 unspecified atom stereocenters. The zero-order chi connectivity index (χ0) is 10.5. The summed E-state index contributed by atoms with van der Waals surface area (Å²) in [7, 11) is 0. The minimum absolute atomic E-state index is 0.489. The quantitative estimate of drug-likeness (QED) is 0.647. The molecule has 1 heteroatoms. The molecular formula is C12H27N. The first-order valence-corrected chi connectivity index (χ1v) is 5.56. The molecule has 0 saturated carbocycles. The molecule has 1 N–H and O–H groups in total. The van der Waals surface area contributed by atoms with Crippen LogP contribution in [0.25, 0.3) is 0 Å². The fourth-order valence-corrected chi connectivity index (χ4v) is 1.18. The van der Waals surface area contributed by atoms with Crippen molar-refractivity contribution < 1.29 is 0 Å². The lowest BCUT2D eigenvalue weighted by Crippen LogP contribution is -2.31. The van der Waals surface area contributed by atoms with E-state index in [9.17, 15) is 0 Å². The lowest BCUT2D eigenvalue weighted by atomic mass is 9.90. The average Bonchev–Trinajstić information content (AvgIpc) is 1.95. The Hall–Kier alpha value is -0.0400. The number of nitrogens with one attached hydrogen (secondary N) is 1. The molecule has 0 bridgehead atoms. The maximum Gasteiger partial charge on any atom is 0.00617 e. The third-order valence-electron chi connectivity index (χ3n) is 2.57. The molecule has 1 nitrogen and oxygen atoms in total. The summed E-state index contributed by atoms with van der Waals surface area (Å²) in [5.41, 5.74) is 0.489. The Balaban J connectivity index is 3.36. The normalized spacial score (nSPS) is 15.0. The van der Waals surface area contributed by atoms with E-state index in [4.69, 9.17) is 0 Å². The van der Waals surface area contributed by atoms with Crippen molar-refractivity contribution in [3.8, 4) is 0 Å². The van der Waals surface area contributed by atoms with Gasteiger partial charge in [0.2, 0.25) is 0 Å². The molecule has 0 heterocycles. The Labute approximate surface area is 84.3 Å². The van der Waals surface area contributed by atoms with Crippen LogP contribution in [0, 0.1) is 11.3 Å². The molecule has 0 aromatic heterocycles. The summed E-state index contributed by atoms with van der Waals surface area (Å²) in [6.07, 6.45) is 2.60. The average molecular weight is 185 g/mol. The highest BCUT2D eigenvalue weighted by molar-refractivity contribution is 4.66. The summed E-state index contributed by atoms with van der Waals surface area (Å²) in [4.78, 5) is 0. The van der Waals surface area contributed by atoms with Gasteiger partial charge in [0.25, 0.3) is 0 Å². The van der Waals surface area contributed by atoms with Crippen molar-refractivity contribution in [2.75, 3.05) is 6.54 Å². The number of hydrogen-bond donors (Lipinski definition) is 1. The largest absolute Gasteiger partial charge is 0.314 e. The van der Waals surface area contributed by atoms with Gasteiger partial charge in [0.05, 0.1) is 0 Å².